The molecule has 0 aliphatic carbocycles. The van der Waals surface area contributed by atoms with E-state index in [1.807, 2.05) is 0 Å². The van der Waals surface area contributed by atoms with E-state index in [2.05, 4.69) is 36.5 Å². The Morgan fingerprint density at radius 1 is 1.25 bits per heavy atom. The second kappa shape index (κ2) is 5.46. The normalized spacial score (nSPS) is 25.6. The van der Waals surface area contributed by atoms with Crippen LogP contribution in [0.4, 0.5) is 0 Å². The van der Waals surface area contributed by atoms with E-state index in [9.17, 15) is 5.11 Å². The smallest absolute Gasteiger partial charge is 0.0584 e. The summed E-state index contributed by atoms with van der Waals surface area (Å²) in [6, 6.07) is 9.56. The lowest BCUT2D eigenvalue weighted by Gasteiger charge is -2.30. The fraction of sp³-hybridized carbons (Fsp3) is 0.571. The van der Waals surface area contributed by atoms with Gasteiger partial charge in [0.25, 0.3) is 0 Å². The Morgan fingerprint density at radius 3 is 2.62 bits per heavy atom. The summed E-state index contributed by atoms with van der Waals surface area (Å²) < 4.78 is 0. The number of piperidine rings is 1. The molecule has 16 heavy (non-hydrogen) atoms. The van der Waals surface area contributed by atoms with E-state index >= 15 is 0 Å². The summed E-state index contributed by atoms with van der Waals surface area (Å²) in [7, 11) is 0. The maximum Gasteiger partial charge on any atom is 0.0584 e. The summed E-state index contributed by atoms with van der Waals surface area (Å²) in [6.45, 7) is 2.43. The van der Waals surface area contributed by atoms with Crippen molar-refractivity contribution in [2.75, 3.05) is 6.61 Å². The molecule has 0 amide bonds. The summed E-state index contributed by atoms with van der Waals surface area (Å²) in [5.74, 6) is 0. The molecule has 0 aromatic heterocycles. The molecule has 2 N–H and O–H groups in total. The van der Waals surface area contributed by atoms with Crippen LogP contribution in [0.2, 0.25) is 0 Å². The first-order valence-corrected chi connectivity index (χ1v) is 6.29. The Balaban J connectivity index is 2.05. The van der Waals surface area contributed by atoms with Crippen LogP contribution in [-0.2, 0) is 6.42 Å². The Kier molecular flexibility index (Phi) is 3.97. The molecule has 1 saturated heterocycles. The first-order valence-electron chi connectivity index (χ1n) is 6.29. The van der Waals surface area contributed by atoms with Crippen molar-refractivity contribution in [1.82, 2.24) is 5.32 Å². The average Bonchev–Trinajstić information content (AvgIpc) is 2.39. The van der Waals surface area contributed by atoms with Gasteiger partial charge in [0.1, 0.15) is 0 Å². The van der Waals surface area contributed by atoms with Gasteiger partial charge in [-0.3, -0.25) is 0 Å². The number of aryl methyl sites for hydroxylation is 1. The van der Waals surface area contributed by atoms with Gasteiger partial charge in [0.15, 0.2) is 0 Å². The molecule has 2 unspecified atom stereocenters. The van der Waals surface area contributed by atoms with Crippen LogP contribution in [0.25, 0.3) is 0 Å². The van der Waals surface area contributed by atoms with Gasteiger partial charge >= 0.3 is 0 Å². The molecule has 1 fully saturated rings. The summed E-state index contributed by atoms with van der Waals surface area (Å²) >= 11 is 0. The minimum absolute atomic E-state index is 0.254. The highest BCUT2D eigenvalue weighted by Crippen LogP contribution is 2.25. The zero-order valence-electron chi connectivity index (χ0n) is 9.95. The molecule has 2 heteroatoms. The zero-order chi connectivity index (χ0) is 11.4. The number of hydrogen-bond donors (Lipinski definition) is 2. The van der Waals surface area contributed by atoms with Crippen molar-refractivity contribution >= 4 is 0 Å². The fourth-order valence-electron chi connectivity index (χ4n) is 2.41. The number of aliphatic hydroxyl groups is 1. The van der Waals surface area contributed by atoms with Crippen molar-refractivity contribution in [3.8, 4) is 0 Å². The number of rotatable bonds is 3. The van der Waals surface area contributed by atoms with E-state index in [0.717, 1.165) is 12.8 Å². The maximum absolute atomic E-state index is 9.18. The van der Waals surface area contributed by atoms with Crippen molar-refractivity contribution < 1.29 is 5.11 Å². The molecule has 2 rings (SSSR count). The number of aliphatic hydroxyl groups excluding tert-OH is 1. The Morgan fingerprint density at radius 2 is 2.00 bits per heavy atom. The standard InChI is InChI=1S/C14H21NO/c1-2-11-6-8-12(9-7-11)14-5-3-4-13(10-16)15-14/h6-9,13-16H,2-5,10H2,1H3. The third-order valence-electron chi connectivity index (χ3n) is 3.49. The minimum Gasteiger partial charge on any atom is -0.395 e. The summed E-state index contributed by atoms with van der Waals surface area (Å²) in [5, 5.41) is 12.7. The van der Waals surface area contributed by atoms with Crippen LogP contribution in [0.3, 0.4) is 0 Å². The summed E-state index contributed by atoms with van der Waals surface area (Å²) in [5.41, 5.74) is 2.74. The molecule has 1 heterocycles. The Hall–Kier alpha value is -0.860. The summed E-state index contributed by atoms with van der Waals surface area (Å²) in [6.07, 6.45) is 4.58. The average molecular weight is 219 g/mol. The quantitative estimate of drug-likeness (QED) is 0.818. The van der Waals surface area contributed by atoms with E-state index in [1.54, 1.807) is 0 Å². The van der Waals surface area contributed by atoms with Crippen LogP contribution in [0.5, 0.6) is 0 Å². The lowest BCUT2D eigenvalue weighted by atomic mass is 9.93. The van der Waals surface area contributed by atoms with Gasteiger partial charge in [-0.1, -0.05) is 31.2 Å². The summed E-state index contributed by atoms with van der Waals surface area (Å²) in [4.78, 5) is 0. The molecule has 1 aliphatic rings. The first kappa shape index (κ1) is 11.6. The van der Waals surface area contributed by atoms with Crippen LogP contribution in [0.15, 0.2) is 24.3 Å². The predicted octanol–water partition coefficient (Wildman–Crippen LogP) is 2.42. The SMILES string of the molecule is CCc1ccc(C2CCCC(CO)N2)cc1. The van der Waals surface area contributed by atoms with Crippen LogP contribution >= 0.6 is 0 Å². The Bertz CT molecular complexity index is 320. The van der Waals surface area contributed by atoms with Crippen LogP contribution in [-0.4, -0.2) is 17.8 Å². The predicted molar refractivity (Wildman–Crippen MR) is 66.4 cm³/mol. The number of nitrogens with one attached hydrogen (secondary N) is 1. The van der Waals surface area contributed by atoms with Crippen LogP contribution in [0, 0.1) is 0 Å². The van der Waals surface area contributed by atoms with Crippen LogP contribution in [0.1, 0.15) is 43.4 Å². The van der Waals surface area contributed by atoms with Crippen molar-refractivity contribution in [1.29, 1.82) is 0 Å². The lowest BCUT2D eigenvalue weighted by Crippen LogP contribution is -2.39. The van der Waals surface area contributed by atoms with E-state index in [1.165, 1.54) is 24.0 Å². The fourth-order valence-corrected chi connectivity index (χ4v) is 2.41. The molecular formula is C14H21NO. The molecular weight excluding hydrogens is 198 g/mol. The second-order valence-electron chi connectivity index (χ2n) is 4.62. The highest BCUT2D eigenvalue weighted by Gasteiger charge is 2.21. The molecule has 0 spiro atoms. The van der Waals surface area contributed by atoms with E-state index in [4.69, 9.17) is 0 Å². The molecule has 0 bridgehead atoms. The lowest BCUT2D eigenvalue weighted by molar-refractivity contribution is 0.198. The van der Waals surface area contributed by atoms with Gasteiger partial charge < -0.3 is 10.4 Å². The van der Waals surface area contributed by atoms with Gasteiger partial charge in [0, 0.05) is 12.1 Å². The molecule has 0 saturated carbocycles. The van der Waals surface area contributed by atoms with Gasteiger partial charge in [-0.2, -0.15) is 0 Å². The Labute approximate surface area is 97.7 Å². The number of benzene rings is 1. The molecule has 1 aromatic carbocycles. The van der Waals surface area contributed by atoms with Crippen molar-refractivity contribution in [2.24, 2.45) is 0 Å². The van der Waals surface area contributed by atoms with E-state index in [-0.39, 0.29) is 12.6 Å². The van der Waals surface area contributed by atoms with Crippen molar-refractivity contribution in [3.63, 3.8) is 0 Å². The molecule has 0 radical (unpaired) electrons. The zero-order valence-corrected chi connectivity index (χ0v) is 9.95. The van der Waals surface area contributed by atoms with Crippen molar-refractivity contribution in [2.45, 2.75) is 44.7 Å². The topological polar surface area (TPSA) is 32.3 Å². The number of hydrogen-bond acceptors (Lipinski definition) is 2. The highest BCUT2D eigenvalue weighted by molar-refractivity contribution is 5.25. The van der Waals surface area contributed by atoms with Crippen molar-refractivity contribution in [3.05, 3.63) is 35.4 Å². The van der Waals surface area contributed by atoms with E-state index < -0.39 is 0 Å². The maximum atomic E-state index is 9.18. The largest absolute Gasteiger partial charge is 0.395 e. The highest BCUT2D eigenvalue weighted by atomic mass is 16.3. The van der Waals surface area contributed by atoms with E-state index in [0.29, 0.717) is 6.04 Å². The van der Waals surface area contributed by atoms with Gasteiger partial charge in [-0.05, 0) is 36.8 Å². The second-order valence-corrected chi connectivity index (χ2v) is 4.62. The molecule has 2 nitrogen and oxygen atoms in total. The van der Waals surface area contributed by atoms with Gasteiger partial charge in [0.2, 0.25) is 0 Å². The van der Waals surface area contributed by atoms with Gasteiger partial charge in [0.05, 0.1) is 6.61 Å². The van der Waals surface area contributed by atoms with Crippen LogP contribution < -0.4 is 5.32 Å². The van der Waals surface area contributed by atoms with Gasteiger partial charge in [-0.15, -0.1) is 0 Å². The molecule has 88 valence electrons. The molecule has 1 aliphatic heterocycles. The third kappa shape index (κ3) is 2.63. The minimum atomic E-state index is 0.254. The molecule has 1 aromatic rings. The third-order valence-corrected chi connectivity index (χ3v) is 3.49. The van der Waals surface area contributed by atoms with Gasteiger partial charge in [-0.25, -0.2) is 0 Å². The first-order chi connectivity index (χ1) is 7.83. The monoisotopic (exact) mass is 219 g/mol. The molecule has 2 atom stereocenters.